The van der Waals surface area contributed by atoms with Crippen molar-refractivity contribution in [3.05, 3.63) is 35.0 Å². The largest absolute Gasteiger partial charge is 0.388 e. The summed E-state index contributed by atoms with van der Waals surface area (Å²) in [4.78, 5) is 10.3. The molecular formula is C17H24ClN3O2. The molecule has 2 N–H and O–H groups in total. The topological polar surface area (TPSA) is 55.3 Å². The number of amides is 1. The van der Waals surface area contributed by atoms with E-state index in [1.165, 1.54) is 18.4 Å². The molecule has 3 rings (SSSR count). The Labute approximate surface area is 141 Å². The zero-order valence-electron chi connectivity index (χ0n) is 13.6. The fourth-order valence-electron chi connectivity index (χ4n) is 2.38. The predicted octanol–water partition coefficient (Wildman–Crippen LogP) is 2.56. The number of hydrogen-bond donors (Lipinski definition) is 2. The third-order valence-electron chi connectivity index (χ3n) is 3.65. The maximum Gasteiger partial charge on any atom is 0.207 e. The summed E-state index contributed by atoms with van der Waals surface area (Å²) in [5, 5.41) is 8.01. The average Bonchev–Trinajstić information content (AvgIpc) is 3.32. The lowest BCUT2D eigenvalue weighted by molar-refractivity contribution is -0.109. The molecule has 0 bridgehead atoms. The van der Waals surface area contributed by atoms with Crippen molar-refractivity contribution in [3.8, 4) is 0 Å². The summed E-state index contributed by atoms with van der Waals surface area (Å²) < 4.78 is 6.34. The van der Waals surface area contributed by atoms with Crippen molar-refractivity contribution >= 4 is 28.9 Å². The Balaban J connectivity index is 0.000000595. The highest BCUT2D eigenvalue weighted by atomic mass is 35.5. The number of ether oxygens (including phenoxy) is 1. The van der Waals surface area contributed by atoms with Gasteiger partial charge in [0.2, 0.25) is 6.41 Å². The molecule has 1 fully saturated rings. The molecule has 23 heavy (non-hydrogen) atoms. The third-order valence-corrected chi connectivity index (χ3v) is 3.95. The summed E-state index contributed by atoms with van der Waals surface area (Å²) in [5.41, 5.74) is 2.39. The highest BCUT2D eigenvalue weighted by Gasteiger charge is 2.20. The second-order valence-corrected chi connectivity index (χ2v) is 6.06. The minimum Gasteiger partial charge on any atom is -0.388 e. The number of fused-ring (bicyclic) bond motifs is 1. The van der Waals surface area contributed by atoms with Crippen molar-refractivity contribution in [2.24, 2.45) is 0 Å². The first-order valence-corrected chi connectivity index (χ1v) is 8.15. The second-order valence-electron chi connectivity index (χ2n) is 5.66. The van der Waals surface area contributed by atoms with Crippen LogP contribution in [0, 0.1) is 0 Å². The minimum atomic E-state index is 0.605. The van der Waals surface area contributed by atoms with Gasteiger partial charge < -0.3 is 19.9 Å². The molecule has 1 aliphatic rings. The molecule has 0 aliphatic heterocycles. The van der Waals surface area contributed by atoms with Crippen LogP contribution in [-0.4, -0.2) is 37.8 Å². The van der Waals surface area contributed by atoms with Crippen LogP contribution in [0.3, 0.4) is 0 Å². The number of hydrogen-bond acceptors (Lipinski definition) is 3. The molecule has 0 saturated heterocycles. The Hall–Kier alpha value is -1.56. The van der Waals surface area contributed by atoms with E-state index in [2.05, 4.69) is 38.1 Å². The Kier molecular flexibility index (Phi) is 6.89. The molecule has 1 aromatic carbocycles. The van der Waals surface area contributed by atoms with Crippen molar-refractivity contribution < 1.29 is 9.53 Å². The molecular weight excluding hydrogens is 314 g/mol. The average molecular weight is 338 g/mol. The summed E-state index contributed by atoms with van der Waals surface area (Å²) in [6.07, 6.45) is 5.23. The Morgan fingerprint density at radius 3 is 2.78 bits per heavy atom. The SMILES string of the molecule is COC.O=CNCCn1cc(Cl)c2ccc(CNC3CC3)cc21. The van der Waals surface area contributed by atoms with Gasteiger partial charge in [-0.1, -0.05) is 23.7 Å². The molecule has 126 valence electrons. The number of rotatable bonds is 7. The first kappa shape index (κ1) is 17.8. The van der Waals surface area contributed by atoms with Crippen LogP contribution in [0.2, 0.25) is 5.02 Å². The van der Waals surface area contributed by atoms with E-state index in [-0.39, 0.29) is 0 Å². The van der Waals surface area contributed by atoms with E-state index in [4.69, 9.17) is 11.6 Å². The summed E-state index contributed by atoms with van der Waals surface area (Å²) >= 11 is 6.25. The van der Waals surface area contributed by atoms with Crippen LogP contribution in [0.5, 0.6) is 0 Å². The fourth-order valence-corrected chi connectivity index (χ4v) is 2.66. The Morgan fingerprint density at radius 2 is 2.13 bits per heavy atom. The molecule has 1 heterocycles. The van der Waals surface area contributed by atoms with Crippen molar-refractivity contribution in [1.82, 2.24) is 15.2 Å². The molecule has 1 aliphatic carbocycles. The summed E-state index contributed by atoms with van der Waals surface area (Å²) in [5.74, 6) is 0. The van der Waals surface area contributed by atoms with Crippen molar-refractivity contribution in [2.75, 3.05) is 20.8 Å². The van der Waals surface area contributed by atoms with Gasteiger partial charge in [0.15, 0.2) is 0 Å². The number of halogens is 1. The van der Waals surface area contributed by atoms with Crippen LogP contribution in [-0.2, 0) is 22.6 Å². The minimum absolute atomic E-state index is 0.605. The molecule has 6 heteroatoms. The number of nitrogens with one attached hydrogen (secondary N) is 2. The van der Waals surface area contributed by atoms with Gasteiger partial charge in [-0.2, -0.15) is 0 Å². The zero-order valence-corrected chi connectivity index (χ0v) is 14.4. The maximum absolute atomic E-state index is 10.3. The van der Waals surface area contributed by atoms with Crippen LogP contribution < -0.4 is 10.6 Å². The van der Waals surface area contributed by atoms with Gasteiger partial charge in [-0.15, -0.1) is 0 Å². The van der Waals surface area contributed by atoms with Crippen molar-refractivity contribution in [1.29, 1.82) is 0 Å². The number of methoxy groups -OCH3 is 1. The number of nitrogens with zero attached hydrogens (tertiary/aromatic N) is 1. The lowest BCUT2D eigenvalue weighted by Gasteiger charge is -2.07. The normalized spacial score (nSPS) is 13.5. The predicted molar refractivity (Wildman–Crippen MR) is 93.8 cm³/mol. The number of benzene rings is 1. The van der Waals surface area contributed by atoms with Gasteiger partial charge in [0.1, 0.15) is 0 Å². The van der Waals surface area contributed by atoms with E-state index in [9.17, 15) is 4.79 Å². The van der Waals surface area contributed by atoms with E-state index in [1.54, 1.807) is 14.2 Å². The Morgan fingerprint density at radius 1 is 1.39 bits per heavy atom. The molecule has 0 unspecified atom stereocenters. The molecule has 1 aromatic heterocycles. The summed E-state index contributed by atoms with van der Waals surface area (Å²) in [7, 11) is 3.25. The standard InChI is InChI=1S/C15H18ClN3O.C2H6O/c16-14-9-19(6-5-17-10-20)15-7-11(1-4-13(14)15)8-18-12-2-3-12;1-3-2/h1,4,7,9-10,12,18H,2-3,5-6,8H2,(H,17,20);1-2H3. The van der Waals surface area contributed by atoms with Gasteiger partial charge in [0.05, 0.1) is 5.02 Å². The summed E-state index contributed by atoms with van der Waals surface area (Å²) in [6.45, 7) is 2.23. The first-order valence-electron chi connectivity index (χ1n) is 7.77. The van der Waals surface area contributed by atoms with Crippen LogP contribution in [0.15, 0.2) is 24.4 Å². The van der Waals surface area contributed by atoms with Gasteiger partial charge in [-0.25, -0.2) is 0 Å². The first-order chi connectivity index (χ1) is 11.2. The molecule has 1 saturated carbocycles. The quantitative estimate of drug-likeness (QED) is 0.603. The van der Waals surface area contributed by atoms with Gasteiger partial charge >= 0.3 is 0 Å². The fraction of sp³-hybridized carbons (Fsp3) is 0.471. The van der Waals surface area contributed by atoms with Crippen LogP contribution in [0.25, 0.3) is 10.9 Å². The van der Waals surface area contributed by atoms with Crippen LogP contribution >= 0.6 is 11.6 Å². The van der Waals surface area contributed by atoms with E-state index in [0.717, 1.165) is 35.4 Å². The number of carbonyl (C=O) groups is 1. The van der Waals surface area contributed by atoms with E-state index < -0.39 is 0 Å². The van der Waals surface area contributed by atoms with E-state index >= 15 is 0 Å². The number of aromatic nitrogens is 1. The van der Waals surface area contributed by atoms with Gasteiger partial charge in [-0.3, -0.25) is 4.79 Å². The monoisotopic (exact) mass is 337 g/mol. The lowest BCUT2D eigenvalue weighted by atomic mass is 10.1. The van der Waals surface area contributed by atoms with Crippen molar-refractivity contribution in [2.45, 2.75) is 32.0 Å². The van der Waals surface area contributed by atoms with Gasteiger partial charge in [-0.05, 0) is 24.5 Å². The second kappa shape index (κ2) is 8.91. The smallest absolute Gasteiger partial charge is 0.207 e. The van der Waals surface area contributed by atoms with E-state index in [0.29, 0.717) is 12.6 Å². The maximum atomic E-state index is 10.3. The third kappa shape index (κ3) is 5.23. The Bertz CT molecular complexity index is 638. The zero-order chi connectivity index (χ0) is 16.7. The van der Waals surface area contributed by atoms with Crippen LogP contribution in [0.4, 0.5) is 0 Å². The van der Waals surface area contributed by atoms with Crippen molar-refractivity contribution in [3.63, 3.8) is 0 Å². The number of carbonyl (C=O) groups excluding carboxylic acids is 1. The molecule has 5 nitrogen and oxygen atoms in total. The molecule has 1 amide bonds. The highest BCUT2D eigenvalue weighted by molar-refractivity contribution is 6.35. The molecule has 2 aromatic rings. The van der Waals surface area contributed by atoms with Crippen LogP contribution in [0.1, 0.15) is 18.4 Å². The molecule has 0 radical (unpaired) electrons. The van der Waals surface area contributed by atoms with Gasteiger partial charge in [0, 0.05) is 57.0 Å². The van der Waals surface area contributed by atoms with Gasteiger partial charge in [0.25, 0.3) is 0 Å². The molecule has 0 spiro atoms. The molecule has 0 atom stereocenters. The lowest BCUT2D eigenvalue weighted by Crippen LogP contribution is -2.17. The summed E-state index contributed by atoms with van der Waals surface area (Å²) in [6, 6.07) is 7.08. The van der Waals surface area contributed by atoms with E-state index in [1.807, 2.05) is 6.20 Å². The highest BCUT2D eigenvalue weighted by Crippen LogP contribution is 2.27.